The van der Waals surface area contributed by atoms with Crippen LogP contribution in [0.1, 0.15) is 11.3 Å². The number of benzene rings is 1. The third-order valence-electron chi connectivity index (χ3n) is 3.77. The van der Waals surface area contributed by atoms with Gasteiger partial charge in [-0.25, -0.2) is 0 Å². The summed E-state index contributed by atoms with van der Waals surface area (Å²) in [6.45, 7) is 0.772. The predicted octanol–water partition coefficient (Wildman–Crippen LogP) is 2.71. The number of rotatable bonds is 5. The second-order valence-electron chi connectivity index (χ2n) is 5.65. The van der Waals surface area contributed by atoms with Crippen LogP contribution in [0.2, 0.25) is 0 Å². The van der Waals surface area contributed by atoms with Crippen molar-refractivity contribution in [1.82, 2.24) is 14.8 Å². The Kier molecular flexibility index (Phi) is 4.34. The van der Waals surface area contributed by atoms with E-state index in [2.05, 4.69) is 15.4 Å². The average Bonchev–Trinajstić information content (AvgIpc) is 3.29. The van der Waals surface area contributed by atoms with E-state index in [1.165, 1.54) is 6.08 Å². The van der Waals surface area contributed by atoms with Gasteiger partial charge in [0.05, 0.1) is 12.2 Å². The van der Waals surface area contributed by atoms with Gasteiger partial charge in [-0.05, 0) is 35.9 Å². The number of anilines is 1. The van der Waals surface area contributed by atoms with Gasteiger partial charge in [-0.15, -0.1) is 0 Å². The first-order valence-corrected chi connectivity index (χ1v) is 8.08. The summed E-state index contributed by atoms with van der Waals surface area (Å²) in [7, 11) is 0. The topological polar surface area (TPSA) is 78.3 Å². The maximum absolute atomic E-state index is 12.1. The minimum absolute atomic E-state index is 0.226. The fraction of sp³-hybridized carbons (Fsp3) is 0.105. The first-order valence-electron chi connectivity index (χ1n) is 8.08. The smallest absolute Gasteiger partial charge is 0.249 e. The van der Waals surface area contributed by atoms with E-state index >= 15 is 0 Å². The van der Waals surface area contributed by atoms with E-state index in [-0.39, 0.29) is 12.7 Å². The molecule has 0 saturated heterocycles. The quantitative estimate of drug-likeness (QED) is 0.717. The summed E-state index contributed by atoms with van der Waals surface area (Å²) < 4.78 is 12.3. The van der Waals surface area contributed by atoms with Crippen LogP contribution in [0.3, 0.4) is 0 Å². The number of aromatic nitrogens is 3. The summed E-state index contributed by atoms with van der Waals surface area (Å²) in [6.07, 6.45) is 6.70. The maximum Gasteiger partial charge on any atom is 0.249 e. The van der Waals surface area contributed by atoms with Crippen LogP contribution >= 0.6 is 0 Å². The Morgan fingerprint density at radius 1 is 1.19 bits per heavy atom. The van der Waals surface area contributed by atoms with Crippen molar-refractivity contribution >= 4 is 17.8 Å². The minimum Gasteiger partial charge on any atom is -0.454 e. The van der Waals surface area contributed by atoms with Crippen molar-refractivity contribution in [2.45, 2.75) is 6.54 Å². The molecule has 26 heavy (non-hydrogen) atoms. The molecular weight excluding hydrogens is 332 g/mol. The zero-order chi connectivity index (χ0) is 17.8. The van der Waals surface area contributed by atoms with Gasteiger partial charge in [0.2, 0.25) is 12.7 Å². The third kappa shape index (κ3) is 3.72. The van der Waals surface area contributed by atoms with Crippen LogP contribution in [-0.4, -0.2) is 27.5 Å². The molecule has 1 aromatic carbocycles. The Balaban J connectivity index is 1.36. The fourth-order valence-electron chi connectivity index (χ4n) is 2.53. The SMILES string of the molecule is O=C(/C=C\c1ccc2c(c1)OCO2)Nc1ccn(Cc2ccccn2)n1. The highest BCUT2D eigenvalue weighted by molar-refractivity contribution is 6.01. The monoisotopic (exact) mass is 348 g/mol. The molecule has 3 aromatic rings. The predicted molar refractivity (Wildman–Crippen MR) is 95.8 cm³/mol. The molecule has 130 valence electrons. The van der Waals surface area contributed by atoms with Crippen molar-refractivity contribution in [3.05, 3.63) is 72.2 Å². The largest absolute Gasteiger partial charge is 0.454 e. The molecule has 7 nitrogen and oxygen atoms in total. The van der Waals surface area contributed by atoms with Gasteiger partial charge in [0.1, 0.15) is 0 Å². The molecule has 3 heterocycles. The summed E-state index contributed by atoms with van der Waals surface area (Å²) in [5.74, 6) is 1.62. The van der Waals surface area contributed by atoms with Gasteiger partial charge in [0.25, 0.3) is 0 Å². The first-order chi connectivity index (χ1) is 12.8. The number of amides is 1. The van der Waals surface area contributed by atoms with Gasteiger partial charge < -0.3 is 14.8 Å². The molecule has 2 aromatic heterocycles. The number of hydrogen-bond acceptors (Lipinski definition) is 5. The molecule has 0 bridgehead atoms. The Labute approximate surface area is 149 Å². The van der Waals surface area contributed by atoms with E-state index in [4.69, 9.17) is 9.47 Å². The molecule has 7 heteroatoms. The molecule has 1 aliphatic heterocycles. The highest BCUT2D eigenvalue weighted by atomic mass is 16.7. The number of carbonyl (C=O) groups excluding carboxylic acids is 1. The van der Waals surface area contributed by atoms with Crippen LogP contribution in [0.4, 0.5) is 5.82 Å². The molecule has 1 N–H and O–H groups in total. The molecule has 0 atom stereocenters. The Morgan fingerprint density at radius 3 is 3.00 bits per heavy atom. The van der Waals surface area contributed by atoms with Crippen LogP contribution in [0.15, 0.2) is 60.9 Å². The lowest BCUT2D eigenvalue weighted by molar-refractivity contribution is -0.111. The average molecular weight is 348 g/mol. The normalized spacial score (nSPS) is 12.5. The van der Waals surface area contributed by atoms with Crippen LogP contribution < -0.4 is 14.8 Å². The zero-order valence-electron chi connectivity index (χ0n) is 13.8. The van der Waals surface area contributed by atoms with Gasteiger partial charge in [-0.3, -0.25) is 14.5 Å². The van der Waals surface area contributed by atoms with Crippen molar-refractivity contribution in [3.63, 3.8) is 0 Å². The second-order valence-corrected chi connectivity index (χ2v) is 5.65. The number of ether oxygens (including phenoxy) is 2. The van der Waals surface area contributed by atoms with Crippen LogP contribution in [0.5, 0.6) is 11.5 Å². The van der Waals surface area contributed by atoms with Crippen molar-refractivity contribution in [2.24, 2.45) is 0 Å². The van der Waals surface area contributed by atoms with Gasteiger partial charge in [0.15, 0.2) is 17.3 Å². The highest BCUT2D eigenvalue weighted by Gasteiger charge is 2.12. The summed E-state index contributed by atoms with van der Waals surface area (Å²) in [4.78, 5) is 16.3. The number of nitrogens with zero attached hydrogens (tertiary/aromatic N) is 3. The highest BCUT2D eigenvalue weighted by Crippen LogP contribution is 2.32. The van der Waals surface area contributed by atoms with E-state index in [9.17, 15) is 4.79 Å². The van der Waals surface area contributed by atoms with Gasteiger partial charge >= 0.3 is 0 Å². The lowest BCUT2D eigenvalue weighted by atomic mass is 10.2. The van der Waals surface area contributed by atoms with Crippen molar-refractivity contribution in [2.75, 3.05) is 12.1 Å². The number of carbonyl (C=O) groups is 1. The van der Waals surface area contributed by atoms with Crippen LogP contribution in [0, 0.1) is 0 Å². The van der Waals surface area contributed by atoms with E-state index < -0.39 is 0 Å². The van der Waals surface area contributed by atoms with Gasteiger partial charge in [0, 0.05) is 24.5 Å². The van der Waals surface area contributed by atoms with Gasteiger partial charge in [-0.1, -0.05) is 12.1 Å². The maximum atomic E-state index is 12.1. The Bertz CT molecular complexity index is 950. The molecule has 0 fully saturated rings. The number of fused-ring (bicyclic) bond motifs is 1. The minimum atomic E-state index is -0.259. The molecule has 0 unspecified atom stereocenters. The molecule has 0 aliphatic carbocycles. The van der Waals surface area contributed by atoms with Crippen molar-refractivity contribution in [1.29, 1.82) is 0 Å². The first kappa shape index (κ1) is 15.9. The second kappa shape index (κ2) is 7.10. The van der Waals surface area contributed by atoms with E-state index in [1.54, 1.807) is 29.2 Å². The molecular formula is C19H16N4O3. The van der Waals surface area contributed by atoms with Crippen LogP contribution in [0.25, 0.3) is 6.08 Å². The summed E-state index contributed by atoms with van der Waals surface area (Å²) in [5, 5.41) is 7.06. The molecule has 1 aliphatic rings. The van der Waals surface area contributed by atoms with E-state index in [0.29, 0.717) is 23.9 Å². The van der Waals surface area contributed by atoms with E-state index in [0.717, 1.165) is 11.3 Å². The fourth-order valence-corrected chi connectivity index (χ4v) is 2.53. The third-order valence-corrected chi connectivity index (χ3v) is 3.77. The number of nitrogens with one attached hydrogen (secondary N) is 1. The lowest BCUT2D eigenvalue weighted by Gasteiger charge is -2.01. The summed E-state index contributed by atoms with van der Waals surface area (Å²) >= 11 is 0. The standard InChI is InChI=1S/C19H16N4O3/c24-19(7-5-14-4-6-16-17(11-14)26-13-25-16)21-18-8-10-23(22-18)12-15-3-1-2-9-20-15/h1-11H,12-13H2,(H,21,22,24)/b7-5-. The van der Waals surface area contributed by atoms with Gasteiger partial charge in [-0.2, -0.15) is 5.10 Å². The number of pyridine rings is 1. The molecule has 4 rings (SSSR count). The van der Waals surface area contributed by atoms with E-state index in [1.807, 2.05) is 36.4 Å². The van der Waals surface area contributed by atoms with Crippen LogP contribution in [-0.2, 0) is 11.3 Å². The molecule has 0 saturated carbocycles. The Hall–Kier alpha value is -3.61. The van der Waals surface area contributed by atoms with Crippen molar-refractivity contribution < 1.29 is 14.3 Å². The van der Waals surface area contributed by atoms with Crippen molar-refractivity contribution in [3.8, 4) is 11.5 Å². The Morgan fingerprint density at radius 2 is 2.12 bits per heavy atom. The molecule has 0 spiro atoms. The lowest BCUT2D eigenvalue weighted by Crippen LogP contribution is -2.09. The molecule has 1 amide bonds. The number of hydrogen-bond donors (Lipinski definition) is 1. The summed E-state index contributed by atoms with van der Waals surface area (Å²) in [5.41, 5.74) is 1.75. The molecule has 0 radical (unpaired) electrons. The summed E-state index contributed by atoms with van der Waals surface area (Å²) in [6, 6.07) is 13.0. The zero-order valence-corrected chi connectivity index (χ0v) is 13.8.